The van der Waals surface area contributed by atoms with Crippen molar-refractivity contribution < 1.29 is 9.59 Å². The molecule has 0 bridgehead atoms. The molecule has 2 aliphatic rings. The number of aromatic amines is 1. The van der Waals surface area contributed by atoms with Crippen LogP contribution in [0.2, 0.25) is 4.34 Å². The van der Waals surface area contributed by atoms with E-state index >= 15 is 0 Å². The monoisotopic (exact) mass is 378 g/mol. The standard InChI is InChI=1S/C17H19ClN4O2S/c1-11(23)22-7-4-12-15(20-10-19-12)17(22)5-8-21(9-6-17)16(24)13-2-3-14(18)25-13/h2-3,10H,4-9H2,1H3,(H,19,20). The Kier molecular flexibility index (Phi) is 4.08. The van der Waals surface area contributed by atoms with Crippen LogP contribution < -0.4 is 0 Å². The van der Waals surface area contributed by atoms with Crippen LogP contribution in [-0.4, -0.2) is 51.2 Å². The van der Waals surface area contributed by atoms with Crippen LogP contribution in [0, 0.1) is 0 Å². The molecule has 2 aliphatic heterocycles. The van der Waals surface area contributed by atoms with Gasteiger partial charge in [-0.15, -0.1) is 11.3 Å². The SMILES string of the molecule is CC(=O)N1CCc2[nH]cnc2C12CCN(C(=O)c1ccc(Cl)s1)CC2. The van der Waals surface area contributed by atoms with E-state index in [0.29, 0.717) is 41.7 Å². The average Bonchev–Trinajstić information content (AvgIpc) is 3.24. The Morgan fingerprint density at radius 2 is 2.04 bits per heavy atom. The van der Waals surface area contributed by atoms with Gasteiger partial charge >= 0.3 is 0 Å². The van der Waals surface area contributed by atoms with Crippen LogP contribution in [0.3, 0.4) is 0 Å². The zero-order chi connectivity index (χ0) is 17.6. The van der Waals surface area contributed by atoms with Gasteiger partial charge in [-0.3, -0.25) is 9.59 Å². The predicted octanol–water partition coefficient (Wildman–Crippen LogP) is 2.66. The molecule has 0 aromatic carbocycles. The molecule has 2 aromatic rings. The third-order valence-electron chi connectivity index (χ3n) is 5.30. The molecule has 6 nitrogen and oxygen atoms in total. The number of thiophene rings is 1. The number of nitrogens with one attached hydrogen (secondary N) is 1. The summed E-state index contributed by atoms with van der Waals surface area (Å²) in [4.78, 5) is 37.1. The predicted molar refractivity (Wildman–Crippen MR) is 95.8 cm³/mol. The lowest BCUT2D eigenvalue weighted by Crippen LogP contribution is -2.58. The van der Waals surface area contributed by atoms with Gasteiger partial charge in [0, 0.05) is 38.7 Å². The van der Waals surface area contributed by atoms with Crippen LogP contribution >= 0.6 is 22.9 Å². The largest absolute Gasteiger partial charge is 0.348 e. The second kappa shape index (κ2) is 6.14. The van der Waals surface area contributed by atoms with E-state index in [2.05, 4.69) is 9.97 Å². The number of amides is 2. The number of fused-ring (bicyclic) bond motifs is 2. The van der Waals surface area contributed by atoms with Gasteiger partial charge in [0.1, 0.15) is 0 Å². The number of hydrogen-bond acceptors (Lipinski definition) is 4. The number of halogens is 1. The van der Waals surface area contributed by atoms with Crippen molar-refractivity contribution in [1.29, 1.82) is 0 Å². The molecule has 2 aromatic heterocycles. The summed E-state index contributed by atoms with van der Waals surface area (Å²) in [5, 5.41) is 0. The summed E-state index contributed by atoms with van der Waals surface area (Å²) in [6.07, 6.45) is 3.92. The number of hydrogen-bond donors (Lipinski definition) is 1. The molecular weight excluding hydrogens is 360 g/mol. The lowest BCUT2D eigenvalue weighted by Gasteiger charge is -2.50. The van der Waals surface area contributed by atoms with Gasteiger partial charge in [-0.2, -0.15) is 0 Å². The molecule has 1 saturated heterocycles. The summed E-state index contributed by atoms with van der Waals surface area (Å²) in [6, 6.07) is 3.52. The van der Waals surface area contributed by atoms with Gasteiger partial charge in [0.2, 0.25) is 5.91 Å². The van der Waals surface area contributed by atoms with Crippen molar-refractivity contribution in [3.63, 3.8) is 0 Å². The van der Waals surface area contributed by atoms with Crippen LogP contribution in [-0.2, 0) is 16.8 Å². The molecule has 0 aliphatic carbocycles. The molecule has 1 spiro atoms. The van der Waals surface area contributed by atoms with Crippen molar-refractivity contribution in [3.05, 3.63) is 39.1 Å². The van der Waals surface area contributed by atoms with Crippen molar-refractivity contribution in [2.45, 2.75) is 31.7 Å². The van der Waals surface area contributed by atoms with Crippen molar-refractivity contribution in [1.82, 2.24) is 19.8 Å². The van der Waals surface area contributed by atoms with E-state index in [1.165, 1.54) is 11.3 Å². The Balaban J connectivity index is 1.59. The highest BCUT2D eigenvalue weighted by molar-refractivity contribution is 7.17. The van der Waals surface area contributed by atoms with Gasteiger partial charge in [0.25, 0.3) is 5.91 Å². The Bertz CT molecular complexity index is 822. The Hall–Kier alpha value is -1.86. The zero-order valence-electron chi connectivity index (χ0n) is 13.9. The van der Waals surface area contributed by atoms with E-state index in [0.717, 1.165) is 17.8 Å². The molecule has 0 unspecified atom stereocenters. The fourth-order valence-corrected chi connectivity index (χ4v) is 5.12. The first-order valence-corrected chi connectivity index (χ1v) is 9.56. The lowest BCUT2D eigenvalue weighted by molar-refractivity contribution is -0.139. The van der Waals surface area contributed by atoms with Crippen LogP contribution in [0.5, 0.6) is 0 Å². The van der Waals surface area contributed by atoms with Gasteiger partial charge in [0.05, 0.1) is 26.8 Å². The smallest absolute Gasteiger partial charge is 0.263 e. The summed E-state index contributed by atoms with van der Waals surface area (Å²) >= 11 is 7.25. The van der Waals surface area contributed by atoms with Gasteiger partial charge in [0.15, 0.2) is 0 Å². The molecule has 2 amide bonds. The third kappa shape index (κ3) is 2.66. The number of carbonyl (C=O) groups is 2. The molecule has 1 N–H and O–H groups in total. The maximum Gasteiger partial charge on any atom is 0.263 e. The van der Waals surface area contributed by atoms with E-state index < -0.39 is 5.54 Å². The first-order valence-electron chi connectivity index (χ1n) is 8.37. The maximum atomic E-state index is 12.7. The Morgan fingerprint density at radius 1 is 1.28 bits per heavy atom. The van der Waals surface area contributed by atoms with Gasteiger partial charge < -0.3 is 14.8 Å². The van der Waals surface area contributed by atoms with Crippen molar-refractivity contribution in [3.8, 4) is 0 Å². The number of rotatable bonds is 1. The number of carbonyl (C=O) groups excluding carboxylic acids is 2. The minimum Gasteiger partial charge on any atom is -0.348 e. The lowest BCUT2D eigenvalue weighted by atomic mass is 9.78. The van der Waals surface area contributed by atoms with Crippen LogP contribution in [0.25, 0.3) is 0 Å². The van der Waals surface area contributed by atoms with Gasteiger partial charge in [-0.1, -0.05) is 11.6 Å². The molecule has 8 heteroatoms. The van der Waals surface area contributed by atoms with Gasteiger partial charge in [-0.05, 0) is 25.0 Å². The van der Waals surface area contributed by atoms with E-state index in [1.54, 1.807) is 25.4 Å². The fraction of sp³-hybridized carbons (Fsp3) is 0.471. The molecule has 4 rings (SSSR count). The van der Waals surface area contributed by atoms with Crippen LogP contribution in [0.1, 0.15) is 40.8 Å². The Morgan fingerprint density at radius 3 is 2.68 bits per heavy atom. The second-order valence-corrected chi connectivity index (χ2v) is 8.29. The number of likely N-dealkylation sites (tertiary alicyclic amines) is 1. The number of piperidine rings is 1. The normalized spacial score (nSPS) is 19.1. The van der Waals surface area contributed by atoms with Gasteiger partial charge in [-0.25, -0.2) is 4.98 Å². The average molecular weight is 379 g/mol. The minimum absolute atomic E-state index is 0.0131. The molecular formula is C17H19ClN4O2S. The fourth-order valence-electron chi connectivity index (χ4n) is 4.11. The molecule has 25 heavy (non-hydrogen) atoms. The summed E-state index contributed by atoms with van der Waals surface area (Å²) in [5.74, 6) is 0.0812. The van der Waals surface area contributed by atoms with E-state index in [-0.39, 0.29) is 11.8 Å². The Labute approximate surface area is 154 Å². The first kappa shape index (κ1) is 16.6. The highest BCUT2D eigenvalue weighted by Crippen LogP contribution is 2.42. The molecule has 0 saturated carbocycles. The molecule has 4 heterocycles. The molecule has 0 radical (unpaired) electrons. The van der Waals surface area contributed by atoms with E-state index in [4.69, 9.17) is 11.6 Å². The van der Waals surface area contributed by atoms with Crippen molar-refractivity contribution >= 4 is 34.8 Å². The van der Waals surface area contributed by atoms with Crippen molar-refractivity contribution in [2.24, 2.45) is 0 Å². The molecule has 1 fully saturated rings. The summed E-state index contributed by atoms with van der Waals surface area (Å²) in [7, 11) is 0. The summed E-state index contributed by atoms with van der Waals surface area (Å²) in [6.45, 7) is 3.51. The van der Waals surface area contributed by atoms with E-state index in [9.17, 15) is 9.59 Å². The summed E-state index contributed by atoms with van der Waals surface area (Å²) in [5.41, 5.74) is 1.69. The second-order valence-electron chi connectivity index (χ2n) is 6.58. The topological polar surface area (TPSA) is 69.3 Å². The number of aromatic nitrogens is 2. The third-order valence-corrected chi connectivity index (χ3v) is 6.52. The number of H-pyrrole nitrogens is 1. The van der Waals surface area contributed by atoms with Crippen molar-refractivity contribution in [2.75, 3.05) is 19.6 Å². The molecule has 132 valence electrons. The van der Waals surface area contributed by atoms with Crippen LogP contribution in [0.15, 0.2) is 18.5 Å². The summed E-state index contributed by atoms with van der Waals surface area (Å²) < 4.78 is 0.619. The first-order chi connectivity index (χ1) is 12.0. The number of imidazole rings is 1. The molecule has 0 atom stereocenters. The highest BCUT2D eigenvalue weighted by atomic mass is 35.5. The highest BCUT2D eigenvalue weighted by Gasteiger charge is 2.48. The number of nitrogens with zero attached hydrogens (tertiary/aromatic N) is 3. The van der Waals surface area contributed by atoms with Crippen LogP contribution in [0.4, 0.5) is 0 Å². The zero-order valence-corrected chi connectivity index (χ0v) is 15.5. The quantitative estimate of drug-likeness (QED) is 0.829. The minimum atomic E-state index is -0.400. The maximum absolute atomic E-state index is 12.7. The van der Waals surface area contributed by atoms with E-state index in [1.807, 2.05) is 9.80 Å².